The molecule has 2 aromatic heterocycles. The van der Waals surface area contributed by atoms with Crippen molar-refractivity contribution in [3.05, 3.63) is 200 Å². The molecular weight excluding hydrogens is 719 g/mol. The van der Waals surface area contributed by atoms with Gasteiger partial charge < -0.3 is 4.42 Å². The summed E-state index contributed by atoms with van der Waals surface area (Å²) in [5.74, 6) is 1.91. The zero-order chi connectivity index (χ0) is 38.9. The van der Waals surface area contributed by atoms with Gasteiger partial charge in [0.05, 0.1) is 0 Å². The van der Waals surface area contributed by atoms with Gasteiger partial charge in [0.2, 0.25) is 0 Å². The van der Waals surface area contributed by atoms with Crippen molar-refractivity contribution >= 4 is 65.0 Å². The predicted molar refractivity (Wildman–Crippen MR) is 244 cm³/mol. The van der Waals surface area contributed by atoms with E-state index in [0.717, 1.165) is 82.4 Å². The summed E-state index contributed by atoms with van der Waals surface area (Å²) in [6.07, 6.45) is 0. The molecule has 0 bridgehead atoms. The van der Waals surface area contributed by atoms with Crippen LogP contribution < -0.4 is 0 Å². The third-order valence-electron chi connectivity index (χ3n) is 11.6. The van der Waals surface area contributed by atoms with Crippen LogP contribution in [-0.4, -0.2) is 15.0 Å². The predicted octanol–water partition coefficient (Wildman–Crippen LogP) is 14.7. The topological polar surface area (TPSA) is 51.8 Å². The molecule has 0 aliphatic rings. The first-order valence-electron chi connectivity index (χ1n) is 19.9. The van der Waals surface area contributed by atoms with Crippen LogP contribution in [0.4, 0.5) is 0 Å². The van der Waals surface area contributed by atoms with Gasteiger partial charge in [-0.1, -0.05) is 158 Å². The van der Waals surface area contributed by atoms with Crippen LogP contribution in [0.3, 0.4) is 0 Å². The summed E-state index contributed by atoms with van der Waals surface area (Å²) in [5, 5.41) is 11.6. The van der Waals surface area contributed by atoms with Crippen LogP contribution >= 0.6 is 0 Å². The Morgan fingerprint density at radius 2 is 0.763 bits per heavy atom. The van der Waals surface area contributed by atoms with Crippen molar-refractivity contribution in [3.8, 4) is 56.4 Å². The Morgan fingerprint density at radius 1 is 0.271 bits per heavy atom. The molecule has 10 aromatic carbocycles. The third kappa shape index (κ3) is 5.73. The standard InChI is InChI=1S/C55H33N3O/c1-2-10-34(11-3-1)45-32-49(52-48-16-8-9-17-50(48)59-51(52)33-45)41-23-20-39-30-43(25-21-38(39)28-41)54-56-53(42-24-18-35-12-4-5-14-37(35)29-42)57-55(58-54)44-26-27-47-40(31-44)22-19-36-13-6-7-15-46(36)47/h1-33H. The van der Waals surface area contributed by atoms with Crippen molar-refractivity contribution in [1.82, 2.24) is 15.0 Å². The van der Waals surface area contributed by atoms with Crippen molar-refractivity contribution in [2.75, 3.05) is 0 Å². The molecule has 0 amide bonds. The van der Waals surface area contributed by atoms with Crippen molar-refractivity contribution in [2.24, 2.45) is 0 Å². The zero-order valence-corrected chi connectivity index (χ0v) is 31.8. The van der Waals surface area contributed by atoms with Crippen LogP contribution in [-0.2, 0) is 0 Å². The lowest BCUT2D eigenvalue weighted by Gasteiger charge is -2.12. The number of furan rings is 1. The Balaban J connectivity index is 0.998. The first-order valence-corrected chi connectivity index (χ1v) is 19.9. The molecule has 4 nitrogen and oxygen atoms in total. The molecule has 12 rings (SSSR count). The van der Waals surface area contributed by atoms with Crippen LogP contribution in [0.1, 0.15) is 0 Å². The number of aromatic nitrogens is 3. The van der Waals surface area contributed by atoms with E-state index >= 15 is 0 Å². The molecule has 274 valence electrons. The van der Waals surface area contributed by atoms with E-state index in [1.165, 1.54) is 21.5 Å². The molecule has 2 heterocycles. The van der Waals surface area contributed by atoms with Gasteiger partial charge in [-0.15, -0.1) is 0 Å². The number of rotatable bonds is 5. The second kappa shape index (κ2) is 13.3. The Labute approximate surface area is 339 Å². The molecule has 0 aliphatic carbocycles. The summed E-state index contributed by atoms with van der Waals surface area (Å²) in [6, 6.07) is 70.7. The number of benzene rings is 10. The Hall–Kier alpha value is -7.95. The molecule has 0 fully saturated rings. The van der Waals surface area contributed by atoms with Crippen molar-refractivity contribution < 1.29 is 4.42 Å². The third-order valence-corrected chi connectivity index (χ3v) is 11.6. The van der Waals surface area contributed by atoms with E-state index in [0.29, 0.717) is 17.5 Å². The first kappa shape index (κ1) is 33.2. The van der Waals surface area contributed by atoms with Crippen LogP contribution in [0.2, 0.25) is 0 Å². The summed E-state index contributed by atoms with van der Waals surface area (Å²) in [7, 11) is 0. The highest BCUT2D eigenvalue weighted by atomic mass is 16.3. The maximum absolute atomic E-state index is 6.45. The minimum atomic E-state index is 0.630. The van der Waals surface area contributed by atoms with E-state index in [-0.39, 0.29) is 0 Å². The number of hydrogen-bond acceptors (Lipinski definition) is 4. The molecule has 0 N–H and O–H groups in total. The monoisotopic (exact) mass is 751 g/mol. The quantitative estimate of drug-likeness (QED) is 0.164. The average molecular weight is 752 g/mol. The van der Waals surface area contributed by atoms with E-state index < -0.39 is 0 Å². The van der Waals surface area contributed by atoms with Crippen molar-refractivity contribution in [1.29, 1.82) is 0 Å². The first-order chi connectivity index (χ1) is 29.2. The molecule has 4 heteroatoms. The fourth-order valence-corrected chi connectivity index (χ4v) is 8.68. The fraction of sp³-hybridized carbons (Fsp3) is 0. The maximum atomic E-state index is 6.45. The molecule has 0 atom stereocenters. The summed E-state index contributed by atoms with van der Waals surface area (Å²) in [6.45, 7) is 0. The lowest BCUT2D eigenvalue weighted by molar-refractivity contribution is 0.669. The minimum absolute atomic E-state index is 0.630. The summed E-state index contributed by atoms with van der Waals surface area (Å²) >= 11 is 0. The second-order valence-electron chi connectivity index (χ2n) is 15.2. The van der Waals surface area contributed by atoms with Gasteiger partial charge in [-0.25, -0.2) is 15.0 Å². The van der Waals surface area contributed by atoms with Gasteiger partial charge in [-0.05, 0) is 108 Å². The summed E-state index contributed by atoms with van der Waals surface area (Å²) in [4.78, 5) is 15.4. The lowest BCUT2D eigenvalue weighted by atomic mass is 9.93. The van der Waals surface area contributed by atoms with Gasteiger partial charge >= 0.3 is 0 Å². The van der Waals surface area contributed by atoms with Crippen molar-refractivity contribution in [3.63, 3.8) is 0 Å². The van der Waals surface area contributed by atoms with E-state index in [1.54, 1.807) is 0 Å². The number of hydrogen-bond donors (Lipinski definition) is 0. The molecule has 12 aromatic rings. The number of fused-ring (bicyclic) bond motifs is 8. The highest BCUT2D eigenvalue weighted by Gasteiger charge is 2.17. The Morgan fingerprint density at radius 3 is 1.51 bits per heavy atom. The van der Waals surface area contributed by atoms with Gasteiger partial charge in [-0.3, -0.25) is 0 Å². The van der Waals surface area contributed by atoms with E-state index in [1.807, 2.05) is 12.1 Å². The van der Waals surface area contributed by atoms with Crippen LogP contribution in [0.25, 0.3) is 121 Å². The molecule has 0 saturated carbocycles. The van der Waals surface area contributed by atoms with Crippen LogP contribution in [0, 0.1) is 0 Å². The minimum Gasteiger partial charge on any atom is -0.456 e. The lowest BCUT2D eigenvalue weighted by Crippen LogP contribution is -2.00. The molecule has 0 radical (unpaired) electrons. The normalized spacial score (nSPS) is 11.7. The highest BCUT2D eigenvalue weighted by Crippen LogP contribution is 2.41. The van der Waals surface area contributed by atoms with Crippen LogP contribution in [0.15, 0.2) is 205 Å². The van der Waals surface area contributed by atoms with Gasteiger partial charge in [0.25, 0.3) is 0 Å². The molecule has 0 saturated heterocycles. The highest BCUT2D eigenvalue weighted by molar-refractivity contribution is 6.14. The van der Waals surface area contributed by atoms with E-state index in [4.69, 9.17) is 19.4 Å². The summed E-state index contributed by atoms with van der Waals surface area (Å²) in [5.41, 5.74) is 9.13. The second-order valence-corrected chi connectivity index (χ2v) is 15.2. The van der Waals surface area contributed by atoms with Gasteiger partial charge in [0.1, 0.15) is 11.2 Å². The fourth-order valence-electron chi connectivity index (χ4n) is 8.68. The SMILES string of the molecule is c1ccc(-c2cc(-c3ccc4cc(-c5nc(-c6ccc7ccccc7c6)nc(-c6ccc7c(ccc8ccccc87)c6)n5)ccc4c3)c3c(c2)oc2ccccc23)cc1. The zero-order valence-electron chi connectivity index (χ0n) is 31.8. The largest absolute Gasteiger partial charge is 0.456 e. The summed E-state index contributed by atoms with van der Waals surface area (Å²) < 4.78 is 6.45. The van der Waals surface area contributed by atoms with E-state index in [9.17, 15) is 0 Å². The van der Waals surface area contributed by atoms with Gasteiger partial charge in [-0.2, -0.15) is 0 Å². The molecular formula is C55H33N3O. The van der Waals surface area contributed by atoms with Gasteiger partial charge in [0, 0.05) is 27.5 Å². The average Bonchev–Trinajstić information content (AvgIpc) is 3.69. The Bertz CT molecular complexity index is 3620. The van der Waals surface area contributed by atoms with Crippen LogP contribution in [0.5, 0.6) is 0 Å². The Kier molecular flexibility index (Phi) is 7.50. The number of para-hydroxylation sites is 1. The molecule has 0 aliphatic heterocycles. The molecule has 0 spiro atoms. The molecule has 59 heavy (non-hydrogen) atoms. The van der Waals surface area contributed by atoms with E-state index in [2.05, 4.69) is 188 Å². The van der Waals surface area contributed by atoms with Crippen molar-refractivity contribution in [2.45, 2.75) is 0 Å². The van der Waals surface area contributed by atoms with Gasteiger partial charge in [0.15, 0.2) is 17.5 Å². The maximum Gasteiger partial charge on any atom is 0.164 e. The molecule has 0 unspecified atom stereocenters. The smallest absolute Gasteiger partial charge is 0.164 e. The number of nitrogens with zero attached hydrogens (tertiary/aromatic N) is 3.